The highest BCUT2D eigenvalue weighted by Crippen LogP contribution is 2.26. The van der Waals surface area contributed by atoms with Gasteiger partial charge in [0.05, 0.1) is 18.2 Å². The molecule has 0 aliphatic carbocycles. The maximum Gasteiger partial charge on any atom is 0.275 e. The third-order valence-corrected chi connectivity index (χ3v) is 5.12. The number of nitrogens with zero attached hydrogens (tertiary/aromatic N) is 7. The lowest BCUT2D eigenvalue weighted by Crippen LogP contribution is -1.92. The number of phenolic OH excluding ortho intramolecular Hbond substituents is 1. The molecule has 0 atom stereocenters. The number of non-ortho nitro benzene ring substituents is 1. The Kier molecular flexibility index (Phi) is 5.30. The first-order valence-electron chi connectivity index (χ1n) is 8.61. The lowest BCUT2D eigenvalue weighted by atomic mass is 10.2. The van der Waals surface area contributed by atoms with Crippen LogP contribution < -0.4 is 4.74 Å². The predicted octanol–water partition coefficient (Wildman–Crippen LogP) is 2.72. The van der Waals surface area contributed by atoms with Crippen molar-refractivity contribution in [3.8, 4) is 11.5 Å². The molecule has 12 heteroatoms. The lowest BCUT2D eigenvalue weighted by Gasteiger charge is -2.03. The summed E-state index contributed by atoms with van der Waals surface area (Å²) in [6.07, 6.45) is 3.09. The molecule has 30 heavy (non-hydrogen) atoms. The van der Waals surface area contributed by atoms with Gasteiger partial charge in [0.1, 0.15) is 6.33 Å². The molecule has 0 aliphatic rings. The van der Waals surface area contributed by atoms with Crippen molar-refractivity contribution in [2.24, 2.45) is 5.10 Å². The van der Waals surface area contributed by atoms with E-state index in [4.69, 9.17) is 4.74 Å². The molecular formula is C18H15N7O4S. The average Bonchev–Trinajstić information content (AvgIpc) is 3.34. The first-order chi connectivity index (χ1) is 14.5. The zero-order chi connectivity index (χ0) is 21.1. The van der Waals surface area contributed by atoms with E-state index in [0.29, 0.717) is 22.4 Å². The third kappa shape index (κ3) is 3.93. The number of rotatable bonds is 7. The number of hydrogen-bond donors (Lipinski definition) is 1. The van der Waals surface area contributed by atoms with Crippen LogP contribution in [0.25, 0.3) is 5.78 Å². The second kappa shape index (κ2) is 8.21. The minimum atomic E-state index is -0.430. The summed E-state index contributed by atoms with van der Waals surface area (Å²) < 4.78 is 8.12. The minimum absolute atomic E-state index is 0.0480. The highest BCUT2D eigenvalue weighted by Gasteiger charge is 2.12. The molecule has 11 nitrogen and oxygen atoms in total. The van der Waals surface area contributed by atoms with E-state index in [-0.39, 0.29) is 11.4 Å². The van der Waals surface area contributed by atoms with Gasteiger partial charge in [-0.15, -0.1) is 10.2 Å². The summed E-state index contributed by atoms with van der Waals surface area (Å²) in [5.41, 5.74) is 1.70. The summed E-state index contributed by atoms with van der Waals surface area (Å²) in [6.45, 7) is 0. The van der Waals surface area contributed by atoms with E-state index in [2.05, 4.69) is 20.4 Å². The molecule has 2 aromatic carbocycles. The molecule has 0 spiro atoms. The summed E-state index contributed by atoms with van der Waals surface area (Å²) >= 11 is 1.41. The number of aromatic nitrogens is 5. The van der Waals surface area contributed by atoms with Crippen LogP contribution >= 0.6 is 11.8 Å². The lowest BCUT2D eigenvalue weighted by molar-refractivity contribution is -0.384. The van der Waals surface area contributed by atoms with Crippen LogP contribution in [0.5, 0.6) is 11.5 Å². The van der Waals surface area contributed by atoms with E-state index in [1.165, 1.54) is 48.1 Å². The fourth-order valence-corrected chi connectivity index (χ4v) is 3.43. The normalized spacial score (nSPS) is 11.4. The van der Waals surface area contributed by atoms with Crippen LogP contribution in [-0.4, -0.2) is 47.8 Å². The molecule has 2 heterocycles. The van der Waals surface area contributed by atoms with Crippen molar-refractivity contribution in [1.82, 2.24) is 24.5 Å². The number of phenols is 1. The molecule has 0 fully saturated rings. The van der Waals surface area contributed by atoms with Crippen molar-refractivity contribution in [3.05, 3.63) is 70.0 Å². The highest BCUT2D eigenvalue weighted by atomic mass is 32.2. The number of nitro groups is 1. The fourth-order valence-electron chi connectivity index (χ4n) is 2.59. The summed E-state index contributed by atoms with van der Waals surface area (Å²) in [7, 11) is 1.47. The molecule has 0 amide bonds. The zero-order valence-electron chi connectivity index (χ0n) is 15.6. The van der Waals surface area contributed by atoms with Gasteiger partial charge < -0.3 is 9.84 Å². The van der Waals surface area contributed by atoms with Crippen LogP contribution in [0, 0.1) is 10.1 Å². The van der Waals surface area contributed by atoms with E-state index in [1.54, 1.807) is 35.0 Å². The Labute approximate surface area is 173 Å². The first-order valence-corrected chi connectivity index (χ1v) is 9.60. The smallest absolute Gasteiger partial charge is 0.275 e. The van der Waals surface area contributed by atoms with Gasteiger partial charge in [-0.1, -0.05) is 23.9 Å². The van der Waals surface area contributed by atoms with Crippen LogP contribution in [0.2, 0.25) is 0 Å². The molecule has 0 saturated heterocycles. The summed E-state index contributed by atoms with van der Waals surface area (Å²) in [5, 5.41) is 37.8. The molecule has 2 aromatic heterocycles. The predicted molar refractivity (Wildman–Crippen MR) is 109 cm³/mol. The molecule has 0 bridgehead atoms. The summed E-state index contributed by atoms with van der Waals surface area (Å²) in [6, 6.07) is 11.2. The van der Waals surface area contributed by atoms with Gasteiger partial charge >= 0.3 is 0 Å². The van der Waals surface area contributed by atoms with Crippen molar-refractivity contribution in [2.75, 3.05) is 7.11 Å². The standard InChI is InChI=1S/C18H15N7O4S/c1-29-16-8-13(4-7-15(16)26)9-19-23-11-20-24-17(23)21-22-18(24)30-10-12-2-5-14(6-3-12)25(27)28/h2-9,11,26H,10H2,1H3/b19-9+. The van der Waals surface area contributed by atoms with Crippen molar-refractivity contribution in [1.29, 1.82) is 0 Å². The van der Waals surface area contributed by atoms with Crippen molar-refractivity contribution in [3.63, 3.8) is 0 Å². The van der Waals surface area contributed by atoms with Crippen LogP contribution in [0.4, 0.5) is 5.69 Å². The van der Waals surface area contributed by atoms with E-state index in [0.717, 1.165) is 11.1 Å². The first kappa shape index (κ1) is 19.4. The zero-order valence-corrected chi connectivity index (χ0v) is 16.4. The molecule has 1 N–H and O–H groups in total. The Bertz CT molecular complexity index is 1230. The number of methoxy groups -OCH3 is 1. The number of nitro benzene ring substituents is 1. The number of fused-ring (bicyclic) bond motifs is 1. The quantitative estimate of drug-likeness (QED) is 0.207. The van der Waals surface area contributed by atoms with Gasteiger partial charge in [-0.25, -0.2) is 0 Å². The van der Waals surface area contributed by atoms with Crippen LogP contribution in [0.1, 0.15) is 11.1 Å². The minimum Gasteiger partial charge on any atom is -0.504 e. The van der Waals surface area contributed by atoms with Gasteiger partial charge in [-0.05, 0) is 29.3 Å². The van der Waals surface area contributed by atoms with Gasteiger partial charge in [-0.2, -0.15) is 19.4 Å². The SMILES string of the molecule is COc1cc(/C=N/n2cnn3c(SCc4ccc([N+](=O)[O-])cc4)nnc23)ccc1O. The molecule has 0 aliphatic heterocycles. The van der Waals surface area contributed by atoms with E-state index in [1.807, 2.05) is 0 Å². The highest BCUT2D eigenvalue weighted by molar-refractivity contribution is 7.98. The number of aromatic hydroxyl groups is 1. The molecule has 0 saturated carbocycles. The monoisotopic (exact) mass is 425 g/mol. The van der Waals surface area contributed by atoms with Gasteiger partial charge in [0, 0.05) is 17.9 Å². The Morgan fingerprint density at radius 2 is 2.07 bits per heavy atom. The molecule has 0 unspecified atom stereocenters. The van der Waals surface area contributed by atoms with Crippen LogP contribution in [-0.2, 0) is 5.75 Å². The Morgan fingerprint density at radius 3 is 2.80 bits per heavy atom. The van der Waals surface area contributed by atoms with E-state index < -0.39 is 4.92 Å². The summed E-state index contributed by atoms with van der Waals surface area (Å²) in [4.78, 5) is 10.3. The Hall–Kier alpha value is -3.93. The van der Waals surface area contributed by atoms with Crippen LogP contribution in [0.15, 0.2) is 59.0 Å². The summed E-state index contributed by atoms with van der Waals surface area (Å²) in [5.74, 6) is 1.39. The third-order valence-electron chi connectivity index (χ3n) is 4.13. The van der Waals surface area contributed by atoms with Crippen molar-refractivity contribution >= 4 is 29.4 Å². The molecule has 4 rings (SSSR count). The number of benzene rings is 2. The molecule has 0 radical (unpaired) electrons. The van der Waals surface area contributed by atoms with E-state index in [9.17, 15) is 15.2 Å². The van der Waals surface area contributed by atoms with Crippen molar-refractivity contribution in [2.45, 2.75) is 10.9 Å². The second-order valence-electron chi connectivity index (χ2n) is 6.06. The second-order valence-corrected chi connectivity index (χ2v) is 7.00. The van der Waals surface area contributed by atoms with Gasteiger partial charge in [0.15, 0.2) is 11.5 Å². The maximum absolute atomic E-state index is 10.7. The molecule has 152 valence electrons. The number of thioether (sulfide) groups is 1. The van der Waals surface area contributed by atoms with Gasteiger partial charge in [-0.3, -0.25) is 10.1 Å². The van der Waals surface area contributed by atoms with Crippen LogP contribution in [0.3, 0.4) is 0 Å². The Balaban J connectivity index is 1.48. The topological polar surface area (TPSA) is 133 Å². The van der Waals surface area contributed by atoms with Gasteiger partial charge in [0.25, 0.3) is 11.5 Å². The maximum atomic E-state index is 10.7. The largest absolute Gasteiger partial charge is 0.504 e. The Morgan fingerprint density at radius 1 is 1.27 bits per heavy atom. The number of hydrogen-bond acceptors (Lipinski definition) is 9. The fraction of sp³-hybridized carbons (Fsp3) is 0.111. The molecule has 4 aromatic rings. The number of ether oxygens (including phenoxy) is 1. The van der Waals surface area contributed by atoms with Crippen molar-refractivity contribution < 1.29 is 14.8 Å². The van der Waals surface area contributed by atoms with E-state index >= 15 is 0 Å². The van der Waals surface area contributed by atoms with Gasteiger partial charge in [0.2, 0.25) is 5.16 Å². The molecular weight excluding hydrogens is 410 g/mol. The average molecular weight is 425 g/mol.